The smallest absolute Gasteiger partial charge is 0.251 e. The zero-order valence-electron chi connectivity index (χ0n) is 19.5. The van der Waals surface area contributed by atoms with Crippen LogP contribution in [0.3, 0.4) is 0 Å². The Labute approximate surface area is 203 Å². The third-order valence-electron chi connectivity index (χ3n) is 5.28. The maximum atomic E-state index is 13.6. The highest BCUT2D eigenvalue weighted by molar-refractivity contribution is 7.98. The van der Waals surface area contributed by atoms with Crippen molar-refractivity contribution >= 4 is 17.7 Å². The number of halogens is 1. The van der Waals surface area contributed by atoms with Gasteiger partial charge in [0.2, 0.25) is 0 Å². The second-order valence-electron chi connectivity index (χ2n) is 8.57. The number of carbonyl (C=O) groups is 1. The van der Waals surface area contributed by atoms with E-state index in [4.69, 9.17) is 0 Å². The number of nitrogens with one attached hydrogen (secondary N) is 1. The predicted molar refractivity (Wildman–Crippen MR) is 135 cm³/mol. The molecule has 34 heavy (non-hydrogen) atoms. The largest absolute Gasteiger partial charge is 0.352 e. The lowest BCUT2D eigenvalue weighted by Crippen LogP contribution is -2.27. The first kappa shape index (κ1) is 23.7. The zero-order chi connectivity index (χ0) is 24.1. The molecule has 1 N–H and O–H groups in total. The van der Waals surface area contributed by atoms with Gasteiger partial charge >= 0.3 is 0 Å². The van der Waals surface area contributed by atoms with Gasteiger partial charge in [-0.2, -0.15) is 0 Å². The standard InChI is InChI=1S/C27H27FN4OS/c1-18(2)16-29-26(33)22-10-6-20(7-11-22)17-34-27-31-30-25(21-8-4-19(3)5-9-21)32(27)24-14-12-23(28)13-15-24/h4-15,18H,16-17H2,1-3H3,(H,29,33). The van der Waals surface area contributed by atoms with E-state index in [0.29, 0.717) is 34.8 Å². The summed E-state index contributed by atoms with van der Waals surface area (Å²) in [6, 6.07) is 22.0. The van der Waals surface area contributed by atoms with Crippen LogP contribution in [0.4, 0.5) is 4.39 Å². The van der Waals surface area contributed by atoms with Gasteiger partial charge < -0.3 is 5.32 Å². The van der Waals surface area contributed by atoms with Gasteiger partial charge in [-0.3, -0.25) is 9.36 Å². The van der Waals surface area contributed by atoms with E-state index < -0.39 is 0 Å². The molecule has 174 valence electrons. The molecule has 3 aromatic carbocycles. The Kier molecular flexibility index (Phi) is 7.43. The lowest BCUT2D eigenvalue weighted by molar-refractivity contribution is 0.0949. The molecule has 5 nitrogen and oxygen atoms in total. The van der Waals surface area contributed by atoms with Gasteiger partial charge in [-0.25, -0.2) is 4.39 Å². The summed E-state index contributed by atoms with van der Waals surface area (Å²) in [5.41, 5.74) is 4.60. The molecule has 1 aromatic heterocycles. The fourth-order valence-electron chi connectivity index (χ4n) is 3.38. The summed E-state index contributed by atoms with van der Waals surface area (Å²) in [7, 11) is 0. The van der Waals surface area contributed by atoms with Crippen LogP contribution in [0.1, 0.15) is 35.3 Å². The summed E-state index contributed by atoms with van der Waals surface area (Å²) in [4.78, 5) is 12.3. The van der Waals surface area contributed by atoms with Crippen LogP contribution in [0.5, 0.6) is 0 Å². The van der Waals surface area contributed by atoms with Gasteiger partial charge in [-0.1, -0.05) is 67.6 Å². The fraction of sp³-hybridized carbons (Fsp3) is 0.222. The Morgan fingerprint density at radius 1 is 0.971 bits per heavy atom. The van der Waals surface area contributed by atoms with E-state index in [1.165, 1.54) is 12.1 Å². The number of nitrogens with zero attached hydrogens (tertiary/aromatic N) is 3. The molecule has 0 aliphatic heterocycles. The van der Waals surface area contributed by atoms with Crippen molar-refractivity contribution in [3.8, 4) is 17.1 Å². The first-order valence-electron chi connectivity index (χ1n) is 11.2. The summed E-state index contributed by atoms with van der Waals surface area (Å²) < 4.78 is 15.5. The molecule has 0 fully saturated rings. The molecule has 1 heterocycles. The average Bonchev–Trinajstić information content (AvgIpc) is 3.26. The van der Waals surface area contributed by atoms with Crippen LogP contribution in [-0.2, 0) is 5.75 Å². The van der Waals surface area contributed by atoms with E-state index in [0.717, 1.165) is 22.4 Å². The molecule has 4 rings (SSSR count). The molecule has 7 heteroatoms. The molecule has 1 amide bonds. The van der Waals surface area contributed by atoms with Crippen molar-refractivity contribution < 1.29 is 9.18 Å². The van der Waals surface area contributed by atoms with Crippen molar-refractivity contribution in [2.45, 2.75) is 31.7 Å². The van der Waals surface area contributed by atoms with Gasteiger partial charge in [-0.05, 0) is 54.8 Å². The van der Waals surface area contributed by atoms with Crippen molar-refractivity contribution in [3.05, 3.63) is 95.3 Å². The molecule has 0 radical (unpaired) electrons. The third-order valence-corrected chi connectivity index (χ3v) is 6.28. The number of thioether (sulfide) groups is 1. The van der Waals surface area contributed by atoms with E-state index in [9.17, 15) is 9.18 Å². The molecule has 0 saturated carbocycles. The number of carbonyl (C=O) groups excluding carboxylic acids is 1. The number of rotatable bonds is 8. The number of aromatic nitrogens is 3. The van der Waals surface area contributed by atoms with Crippen molar-refractivity contribution in [1.29, 1.82) is 0 Å². The van der Waals surface area contributed by atoms with Crippen LogP contribution in [0.2, 0.25) is 0 Å². The Hall–Kier alpha value is -3.45. The number of hydrogen-bond donors (Lipinski definition) is 1. The molecular weight excluding hydrogens is 447 g/mol. The minimum Gasteiger partial charge on any atom is -0.352 e. The Morgan fingerprint density at radius 3 is 2.29 bits per heavy atom. The predicted octanol–water partition coefficient (Wildman–Crippen LogP) is 6.06. The monoisotopic (exact) mass is 474 g/mol. The van der Waals surface area contributed by atoms with Gasteiger partial charge in [-0.15, -0.1) is 10.2 Å². The highest BCUT2D eigenvalue weighted by Gasteiger charge is 2.16. The maximum absolute atomic E-state index is 13.6. The number of aryl methyl sites for hydroxylation is 1. The Bertz CT molecular complexity index is 1250. The van der Waals surface area contributed by atoms with E-state index in [-0.39, 0.29) is 11.7 Å². The van der Waals surface area contributed by atoms with Crippen LogP contribution in [0, 0.1) is 18.7 Å². The van der Waals surface area contributed by atoms with Crippen LogP contribution < -0.4 is 5.32 Å². The zero-order valence-corrected chi connectivity index (χ0v) is 20.3. The SMILES string of the molecule is Cc1ccc(-c2nnc(SCc3ccc(C(=O)NCC(C)C)cc3)n2-c2ccc(F)cc2)cc1. The highest BCUT2D eigenvalue weighted by Crippen LogP contribution is 2.30. The van der Waals surface area contributed by atoms with Crippen LogP contribution in [0.15, 0.2) is 78.0 Å². The van der Waals surface area contributed by atoms with Gasteiger partial charge in [0.05, 0.1) is 0 Å². The Morgan fingerprint density at radius 2 is 1.65 bits per heavy atom. The first-order chi connectivity index (χ1) is 16.4. The topological polar surface area (TPSA) is 59.8 Å². The molecule has 0 saturated heterocycles. The van der Waals surface area contributed by atoms with Gasteiger partial charge in [0.15, 0.2) is 11.0 Å². The van der Waals surface area contributed by atoms with E-state index >= 15 is 0 Å². The summed E-state index contributed by atoms with van der Waals surface area (Å²) >= 11 is 1.54. The molecule has 0 aliphatic carbocycles. The molecule has 4 aromatic rings. The van der Waals surface area contributed by atoms with Crippen molar-refractivity contribution in [1.82, 2.24) is 20.1 Å². The molecular formula is C27H27FN4OS. The molecule has 0 spiro atoms. The molecule has 0 unspecified atom stereocenters. The van der Waals surface area contributed by atoms with Gasteiger partial charge in [0, 0.05) is 29.1 Å². The van der Waals surface area contributed by atoms with Crippen LogP contribution in [-0.4, -0.2) is 27.2 Å². The van der Waals surface area contributed by atoms with Crippen LogP contribution >= 0.6 is 11.8 Å². The van der Waals surface area contributed by atoms with E-state index in [1.54, 1.807) is 23.9 Å². The van der Waals surface area contributed by atoms with E-state index in [2.05, 4.69) is 29.4 Å². The lowest BCUT2D eigenvalue weighted by Gasteiger charge is -2.11. The summed E-state index contributed by atoms with van der Waals surface area (Å²) in [5, 5.41) is 12.5. The fourth-order valence-corrected chi connectivity index (χ4v) is 4.28. The van der Waals surface area contributed by atoms with Gasteiger partial charge in [0.25, 0.3) is 5.91 Å². The number of benzene rings is 3. The van der Waals surface area contributed by atoms with Crippen molar-refractivity contribution in [3.63, 3.8) is 0 Å². The third kappa shape index (κ3) is 5.72. The van der Waals surface area contributed by atoms with Gasteiger partial charge in [0.1, 0.15) is 5.82 Å². The number of hydrogen-bond acceptors (Lipinski definition) is 4. The summed E-state index contributed by atoms with van der Waals surface area (Å²) in [6.45, 7) is 6.82. The lowest BCUT2D eigenvalue weighted by atomic mass is 10.1. The molecule has 0 bridgehead atoms. The Balaban J connectivity index is 1.55. The van der Waals surface area contributed by atoms with Crippen LogP contribution in [0.25, 0.3) is 17.1 Å². The average molecular weight is 475 g/mol. The second-order valence-corrected chi connectivity index (χ2v) is 9.52. The highest BCUT2D eigenvalue weighted by atomic mass is 32.2. The maximum Gasteiger partial charge on any atom is 0.251 e. The van der Waals surface area contributed by atoms with Crippen molar-refractivity contribution in [2.24, 2.45) is 5.92 Å². The second kappa shape index (κ2) is 10.7. The quantitative estimate of drug-likeness (QED) is 0.315. The normalized spacial score (nSPS) is 11.1. The molecule has 0 aliphatic rings. The van der Waals surface area contributed by atoms with E-state index in [1.807, 2.05) is 60.0 Å². The first-order valence-corrected chi connectivity index (χ1v) is 12.2. The van der Waals surface area contributed by atoms with Crippen molar-refractivity contribution in [2.75, 3.05) is 6.54 Å². The summed E-state index contributed by atoms with van der Waals surface area (Å²) in [6.07, 6.45) is 0. The summed E-state index contributed by atoms with van der Waals surface area (Å²) in [5.74, 6) is 1.41. The molecule has 0 atom stereocenters. The minimum atomic E-state index is -0.291. The minimum absolute atomic E-state index is 0.0632. The number of amides is 1.